The average Bonchev–Trinajstić information content (AvgIpc) is 2.15. The Morgan fingerprint density at radius 1 is 1.23 bits per heavy atom. The van der Waals surface area contributed by atoms with Crippen molar-refractivity contribution in [2.24, 2.45) is 14.1 Å². The van der Waals surface area contributed by atoms with Gasteiger partial charge in [-0.05, 0) is 0 Å². The number of rotatable bonds is 0. The topological polar surface area (TPSA) is 44.0 Å². The van der Waals surface area contributed by atoms with E-state index in [0.29, 0.717) is 5.69 Å². The third kappa shape index (κ3) is 3.02. The van der Waals surface area contributed by atoms with Gasteiger partial charge >= 0.3 is 40.2 Å². The first kappa shape index (κ1) is 13.0. The molecule has 0 saturated heterocycles. The molecule has 4 nitrogen and oxygen atoms in total. The molecule has 0 saturated carbocycles. The summed E-state index contributed by atoms with van der Waals surface area (Å²) in [6.45, 7) is 1.67. The van der Waals surface area contributed by atoms with Gasteiger partial charge in [-0.2, -0.15) is 5.69 Å². The fraction of sp³-hybridized carbons (Fsp3) is 0.429. The van der Waals surface area contributed by atoms with Crippen LogP contribution >= 0.6 is 19.8 Å². The molecule has 0 amide bonds. The first-order valence-electron chi connectivity index (χ1n) is 3.46. The van der Waals surface area contributed by atoms with Gasteiger partial charge in [-0.15, -0.1) is 0 Å². The van der Waals surface area contributed by atoms with Crippen molar-refractivity contribution in [1.82, 2.24) is 9.13 Å². The van der Waals surface area contributed by atoms with Gasteiger partial charge in [0.1, 0.15) is 0 Å². The fourth-order valence-corrected chi connectivity index (χ4v) is 0.778. The molecule has 1 aromatic heterocycles. The zero-order chi connectivity index (χ0) is 10.6. The van der Waals surface area contributed by atoms with Crippen LogP contribution < -0.4 is 11.2 Å². The minimum absolute atomic E-state index is 0.314. The molecule has 0 fully saturated rings. The van der Waals surface area contributed by atoms with Gasteiger partial charge in [0.05, 0.1) is 5.56 Å². The van der Waals surface area contributed by atoms with Gasteiger partial charge in [0.25, 0.3) is 0 Å². The summed E-state index contributed by atoms with van der Waals surface area (Å²) in [4.78, 5) is 22.0. The Balaban J connectivity index is 0.000000671. The van der Waals surface area contributed by atoms with Crippen molar-refractivity contribution in [3.8, 4) is 0 Å². The van der Waals surface area contributed by atoms with Gasteiger partial charge < -0.3 is 15.4 Å². The second-order valence-electron chi connectivity index (χ2n) is 2.42. The second-order valence-corrected chi connectivity index (χ2v) is 2.42. The Morgan fingerprint density at radius 3 is 2.15 bits per heavy atom. The van der Waals surface area contributed by atoms with Crippen molar-refractivity contribution in [3.63, 3.8) is 0 Å². The summed E-state index contributed by atoms with van der Waals surface area (Å²) in [6.07, 6.45) is 0. The average molecular weight is 345 g/mol. The predicted octanol–water partition coefficient (Wildman–Crippen LogP) is 0.0758. The Labute approximate surface area is 96.8 Å². The number of aryl methyl sites for hydroxylation is 1. The number of nitrogens with zero attached hydrogens (tertiary/aromatic N) is 2. The molecule has 0 aromatic carbocycles. The number of hydrogen-bond acceptors (Lipinski definition) is 2. The Morgan fingerprint density at radius 2 is 1.69 bits per heavy atom. The molecule has 0 radical (unpaired) electrons. The molecule has 13 heavy (non-hydrogen) atoms. The van der Waals surface area contributed by atoms with Gasteiger partial charge in [-0.25, -0.2) is 4.79 Å². The fourth-order valence-electron chi connectivity index (χ4n) is 0.778. The molecule has 1 rings (SSSR count). The van der Waals surface area contributed by atoms with Crippen molar-refractivity contribution in [2.75, 3.05) is 0 Å². The van der Waals surface area contributed by atoms with Crippen LogP contribution in [0, 0.1) is 13.0 Å². The van der Waals surface area contributed by atoms with E-state index in [9.17, 15) is 9.59 Å². The van der Waals surface area contributed by atoms with Crippen molar-refractivity contribution >= 4 is 19.8 Å². The van der Waals surface area contributed by atoms with E-state index in [1.165, 1.54) is 26.4 Å². The standard InChI is InChI=1S/C7H9N2O2.HI.Zn/c1-5-4-6(10)9(3)7(11)8(5)2;;/h1-3H3;1H;/q-1;;+2/p-1. The van der Waals surface area contributed by atoms with Gasteiger partial charge in [-0.3, -0.25) is 4.57 Å². The van der Waals surface area contributed by atoms with E-state index in [2.05, 4.69) is 25.8 Å². The van der Waals surface area contributed by atoms with Gasteiger partial charge in [-0.1, -0.05) is 6.92 Å². The Hall–Kier alpha value is 0.0334. The van der Waals surface area contributed by atoms with Crippen LogP contribution in [0.15, 0.2) is 9.59 Å². The summed E-state index contributed by atoms with van der Waals surface area (Å²) >= 11 is 3.62. The Kier molecular flexibility index (Phi) is 5.71. The maximum absolute atomic E-state index is 11.1. The third-order valence-corrected chi connectivity index (χ3v) is 1.67. The van der Waals surface area contributed by atoms with E-state index in [0.717, 1.165) is 4.57 Å². The van der Waals surface area contributed by atoms with E-state index in [4.69, 9.17) is 0 Å². The molecule has 6 heteroatoms. The molecule has 0 N–H and O–H groups in total. The van der Waals surface area contributed by atoms with Gasteiger partial charge in [0.2, 0.25) is 0 Å². The van der Waals surface area contributed by atoms with Crippen molar-refractivity contribution in [3.05, 3.63) is 32.6 Å². The van der Waals surface area contributed by atoms with Gasteiger partial charge in [0.15, 0.2) is 0 Å². The van der Waals surface area contributed by atoms with Crippen LogP contribution in [0.4, 0.5) is 0 Å². The molecular formula is C7H9IN2O2Zn. The molecule has 0 bridgehead atoms. The van der Waals surface area contributed by atoms with Crippen molar-refractivity contribution in [2.45, 2.75) is 6.92 Å². The first-order chi connectivity index (χ1) is 6.04. The van der Waals surface area contributed by atoms with Crippen molar-refractivity contribution in [1.29, 1.82) is 0 Å². The molecular weight excluding hydrogens is 336 g/mol. The molecule has 0 aliphatic heterocycles. The summed E-state index contributed by atoms with van der Waals surface area (Å²) in [6, 6.07) is 2.52. The molecule has 1 heterocycles. The van der Waals surface area contributed by atoms with Gasteiger partial charge in [0, 0.05) is 14.1 Å². The van der Waals surface area contributed by atoms with Crippen LogP contribution in [-0.4, -0.2) is 9.13 Å². The normalized spacial score (nSPS) is 9.08. The Bertz CT molecular complexity index is 396. The summed E-state index contributed by atoms with van der Waals surface area (Å²) in [7, 11) is 3.04. The summed E-state index contributed by atoms with van der Waals surface area (Å²) in [5.74, 6) is 0. The molecule has 0 atom stereocenters. The molecule has 0 spiro atoms. The van der Waals surface area contributed by atoms with Crippen LogP contribution in [0.1, 0.15) is 5.69 Å². The maximum atomic E-state index is 11.1. The van der Waals surface area contributed by atoms with E-state index in [-0.39, 0.29) is 11.2 Å². The predicted molar refractivity (Wildman–Crippen MR) is 54.5 cm³/mol. The first-order valence-corrected chi connectivity index (χ1v) is 12.5. The molecule has 0 aliphatic carbocycles. The van der Waals surface area contributed by atoms with E-state index >= 15 is 0 Å². The molecule has 1 aromatic rings. The minimum atomic E-state index is -0.384. The summed E-state index contributed by atoms with van der Waals surface area (Å²) in [5, 5.41) is 0. The number of hydrogen-bond donors (Lipinski definition) is 0. The molecule has 68 valence electrons. The zero-order valence-electron chi connectivity index (χ0n) is 7.80. The summed E-state index contributed by atoms with van der Waals surface area (Å²) < 4.78 is 2.40. The third-order valence-electron chi connectivity index (χ3n) is 1.67. The van der Waals surface area contributed by atoms with Crippen LogP contribution in [-0.2, 0) is 28.9 Å². The van der Waals surface area contributed by atoms with Crippen LogP contribution in [0.3, 0.4) is 0 Å². The van der Waals surface area contributed by atoms with Crippen LogP contribution in [0.5, 0.6) is 0 Å². The number of aromatic nitrogens is 2. The monoisotopic (exact) mass is 344 g/mol. The quantitative estimate of drug-likeness (QED) is 0.380. The molecule has 0 aliphatic rings. The van der Waals surface area contributed by atoms with Crippen LogP contribution in [0.25, 0.3) is 0 Å². The zero-order valence-corrected chi connectivity index (χ0v) is 12.9. The second kappa shape index (κ2) is 5.70. The summed E-state index contributed by atoms with van der Waals surface area (Å²) in [5.41, 5.74) is -0.144. The van der Waals surface area contributed by atoms with E-state index < -0.39 is 0 Å². The number of halogens is 1. The molecule has 0 unspecified atom stereocenters. The van der Waals surface area contributed by atoms with E-state index in [1.54, 1.807) is 14.0 Å². The SMILES string of the molecule is Cc1[c-]c(=O)n(C)c(=O)n1C.[Zn+][I]. The van der Waals surface area contributed by atoms with E-state index in [1.807, 2.05) is 0 Å². The van der Waals surface area contributed by atoms with Crippen molar-refractivity contribution < 1.29 is 14.8 Å². The van der Waals surface area contributed by atoms with Crippen LogP contribution in [0.2, 0.25) is 0 Å².